The van der Waals surface area contributed by atoms with Crippen LogP contribution in [0.25, 0.3) is 0 Å². The van der Waals surface area contributed by atoms with Crippen LogP contribution in [-0.2, 0) is 12.8 Å². The van der Waals surface area contributed by atoms with Gasteiger partial charge in [0.25, 0.3) is 0 Å². The van der Waals surface area contributed by atoms with Crippen LogP contribution in [-0.4, -0.2) is 19.2 Å². The van der Waals surface area contributed by atoms with Crippen LogP contribution in [0.1, 0.15) is 57.1 Å². The van der Waals surface area contributed by atoms with Gasteiger partial charge in [0.05, 0.1) is 6.61 Å². The highest BCUT2D eigenvalue weighted by molar-refractivity contribution is 5.38. The predicted molar refractivity (Wildman–Crippen MR) is 85.6 cm³/mol. The second-order valence-corrected chi connectivity index (χ2v) is 6.17. The first-order chi connectivity index (χ1) is 9.75. The lowest BCUT2D eigenvalue weighted by Crippen LogP contribution is -2.23. The van der Waals surface area contributed by atoms with Crippen LogP contribution < -0.4 is 10.1 Å². The number of hydrogen-bond donors (Lipinski definition) is 1. The summed E-state index contributed by atoms with van der Waals surface area (Å²) in [7, 11) is 0. The van der Waals surface area contributed by atoms with Gasteiger partial charge in [0.1, 0.15) is 5.75 Å². The molecule has 112 valence electrons. The largest absolute Gasteiger partial charge is 0.493 e. The zero-order valence-electron chi connectivity index (χ0n) is 13.1. The van der Waals surface area contributed by atoms with E-state index in [1.54, 1.807) is 0 Å². The highest BCUT2D eigenvalue weighted by Crippen LogP contribution is 2.26. The molecule has 0 spiro atoms. The van der Waals surface area contributed by atoms with Gasteiger partial charge in [-0.15, -0.1) is 0 Å². The summed E-state index contributed by atoms with van der Waals surface area (Å²) in [5.74, 6) is 1.11. The third-order valence-electron chi connectivity index (χ3n) is 3.92. The van der Waals surface area contributed by atoms with Crippen LogP contribution in [0.2, 0.25) is 0 Å². The Labute approximate surface area is 123 Å². The SMILES string of the molecule is CC(C)NCCCCCCc1ccc2c(c1)CCCO2. The van der Waals surface area contributed by atoms with E-state index in [1.807, 2.05) is 0 Å². The third-order valence-corrected chi connectivity index (χ3v) is 3.92. The van der Waals surface area contributed by atoms with Gasteiger partial charge in [-0.25, -0.2) is 0 Å². The molecule has 0 saturated carbocycles. The molecule has 0 fully saturated rings. The molecule has 2 heteroatoms. The molecule has 20 heavy (non-hydrogen) atoms. The number of aryl methyl sites for hydroxylation is 2. The fourth-order valence-corrected chi connectivity index (χ4v) is 2.77. The maximum Gasteiger partial charge on any atom is 0.122 e. The van der Waals surface area contributed by atoms with E-state index in [4.69, 9.17) is 4.74 Å². The van der Waals surface area contributed by atoms with E-state index in [0.29, 0.717) is 6.04 Å². The van der Waals surface area contributed by atoms with E-state index in [9.17, 15) is 0 Å². The minimum Gasteiger partial charge on any atom is -0.493 e. The molecule has 0 bridgehead atoms. The molecule has 1 aromatic carbocycles. The molecule has 1 N–H and O–H groups in total. The van der Waals surface area contributed by atoms with E-state index in [1.165, 1.54) is 56.1 Å². The second kappa shape index (κ2) is 8.31. The van der Waals surface area contributed by atoms with Crippen LogP contribution in [0.3, 0.4) is 0 Å². The minimum atomic E-state index is 0.618. The number of benzene rings is 1. The maximum atomic E-state index is 5.66. The summed E-state index contributed by atoms with van der Waals surface area (Å²) < 4.78 is 5.66. The highest BCUT2D eigenvalue weighted by atomic mass is 16.5. The van der Waals surface area contributed by atoms with Crippen molar-refractivity contribution in [2.24, 2.45) is 0 Å². The standard InChI is InChI=1S/C18H29NO/c1-15(2)19-12-6-4-3-5-8-16-10-11-18-17(14-16)9-7-13-20-18/h10-11,14-15,19H,3-9,12-13H2,1-2H3. The van der Waals surface area contributed by atoms with Gasteiger partial charge in [-0.2, -0.15) is 0 Å². The van der Waals surface area contributed by atoms with Crippen LogP contribution in [0, 0.1) is 0 Å². The fraction of sp³-hybridized carbons (Fsp3) is 0.667. The number of fused-ring (bicyclic) bond motifs is 1. The summed E-state index contributed by atoms with van der Waals surface area (Å²) in [6, 6.07) is 7.38. The van der Waals surface area contributed by atoms with Crippen molar-refractivity contribution in [1.82, 2.24) is 5.32 Å². The van der Waals surface area contributed by atoms with E-state index in [-0.39, 0.29) is 0 Å². The number of ether oxygens (including phenoxy) is 1. The molecule has 1 aliphatic heterocycles. The topological polar surface area (TPSA) is 21.3 Å². The van der Waals surface area contributed by atoms with Gasteiger partial charge in [-0.3, -0.25) is 0 Å². The van der Waals surface area contributed by atoms with Crippen molar-refractivity contribution in [2.75, 3.05) is 13.2 Å². The number of hydrogen-bond acceptors (Lipinski definition) is 2. The molecule has 1 aliphatic rings. The smallest absolute Gasteiger partial charge is 0.122 e. The predicted octanol–water partition coefficient (Wildman–Crippen LogP) is 4.11. The lowest BCUT2D eigenvalue weighted by atomic mass is 10.00. The molecule has 2 rings (SSSR count). The van der Waals surface area contributed by atoms with Gasteiger partial charge in [-0.05, 0) is 55.8 Å². The first kappa shape index (κ1) is 15.4. The molecule has 1 heterocycles. The Kier molecular flexibility index (Phi) is 6.38. The van der Waals surface area contributed by atoms with Gasteiger partial charge in [0.15, 0.2) is 0 Å². The van der Waals surface area contributed by atoms with Crippen molar-refractivity contribution in [1.29, 1.82) is 0 Å². The van der Waals surface area contributed by atoms with E-state index in [0.717, 1.165) is 18.9 Å². The van der Waals surface area contributed by atoms with Gasteiger partial charge < -0.3 is 10.1 Å². The summed E-state index contributed by atoms with van der Waals surface area (Å²) in [6.45, 7) is 6.46. The van der Waals surface area contributed by atoms with E-state index >= 15 is 0 Å². The average molecular weight is 275 g/mol. The Morgan fingerprint density at radius 3 is 2.85 bits per heavy atom. The van der Waals surface area contributed by atoms with Crippen LogP contribution in [0.15, 0.2) is 18.2 Å². The molecule has 0 amide bonds. The lowest BCUT2D eigenvalue weighted by Gasteiger charge is -2.17. The molecule has 0 unspecified atom stereocenters. The zero-order valence-corrected chi connectivity index (χ0v) is 13.1. The number of rotatable bonds is 8. The molecule has 2 nitrogen and oxygen atoms in total. The normalized spacial score (nSPS) is 14.2. The Morgan fingerprint density at radius 2 is 2.00 bits per heavy atom. The van der Waals surface area contributed by atoms with Crippen molar-refractivity contribution in [3.8, 4) is 5.75 Å². The first-order valence-corrected chi connectivity index (χ1v) is 8.23. The monoisotopic (exact) mass is 275 g/mol. The van der Waals surface area contributed by atoms with Crippen LogP contribution in [0.5, 0.6) is 5.75 Å². The summed E-state index contributed by atoms with van der Waals surface area (Å²) in [6.07, 6.45) is 8.85. The molecule has 0 atom stereocenters. The minimum absolute atomic E-state index is 0.618. The van der Waals surface area contributed by atoms with E-state index < -0.39 is 0 Å². The van der Waals surface area contributed by atoms with Gasteiger partial charge in [0, 0.05) is 6.04 Å². The molecule has 0 aromatic heterocycles. The molecule has 0 aliphatic carbocycles. The summed E-state index contributed by atoms with van der Waals surface area (Å²) in [5, 5.41) is 3.47. The van der Waals surface area contributed by atoms with Gasteiger partial charge >= 0.3 is 0 Å². The van der Waals surface area contributed by atoms with Crippen molar-refractivity contribution >= 4 is 0 Å². The Morgan fingerprint density at radius 1 is 1.15 bits per heavy atom. The number of unbranched alkanes of at least 4 members (excludes halogenated alkanes) is 3. The van der Waals surface area contributed by atoms with Crippen molar-refractivity contribution < 1.29 is 4.74 Å². The molecule has 0 saturated heterocycles. The highest BCUT2D eigenvalue weighted by Gasteiger charge is 2.10. The molecule has 0 radical (unpaired) electrons. The summed E-state index contributed by atoms with van der Waals surface area (Å²) >= 11 is 0. The summed E-state index contributed by atoms with van der Waals surface area (Å²) in [4.78, 5) is 0. The Hall–Kier alpha value is -1.02. The first-order valence-electron chi connectivity index (χ1n) is 8.23. The molecule has 1 aromatic rings. The van der Waals surface area contributed by atoms with E-state index in [2.05, 4.69) is 37.4 Å². The van der Waals surface area contributed by atoms with Crippen LogP contribution in [0.4, 0.5) is 0 Å². The van der Waals surface area contributed by atoms with Gasteiger partial charge in [0.2, 0.25) is 0 Å². The summed E-state index contributed by atoms with van der Waals surface area (Å²) in [5.41, 5.74) is 2.89. The van der Waals surface area contributed by atoms with Gasteiger partial charge in [-0.1, -0.05) is 38.8 Å². The van der Waals surface area contributed by atoms with Crippen molar-refractivity contribution in [3.05, 3.63) is 29.3 Å². The van der Waals surface area contributed by atoms with Crippen LogP contribution >= 0.6 is 0 Å². The molecular weight excluding hydrogens is 246 g/mol. The van der Waals surface area contributed by atoms with Crippen molar-refractivity contribution in [2.45, 2.75) is 64.8 Å². The average Bonchev–Trinajstić information content (AvgIpc) is 2.46. The fourth-order valence-electron chi connectivity index (χ4n) is 2.77. The van der Waals surface area contributed by atoms with Crippen molar-refractivity contribution in [3.63, 3.8) is 0 Å². The molecular formula is C18H29NO. The third kappa shape index (κ3) is 5.16. The quantitative estimate of drug-likeness (QED) is 0.721. The Balaban J connectivity index is 1.62. The number of nitrogens with one attached hydrogen (secondary N) is 1. The maximum absolute atomic E-state index is 5.66. The zero-order chi connectivity index (χ0) is 14.2. The second-order valence-electron chi connectivity index (χ2n) is 6.17. The lowest BCUT2D eigenvalue weighted by molar-refractivity contribution is 0.288. The Bertz CT molecular complexity index is 400.